The molecule has 3 aromatic rings. The van der Waals surface area contributed by atoms with Gasteiger partial charge in [0.15, 0.2) is 5.65 Å². The second-order valence-electron chi connectivity index (χ2n) is 7.95. The number of halogens is 2. The number of urea groups is 1. The number of aliphatic hydroxyl groups excluding tert-OH is 1. The number of benzene rings is 1. The van der Waals surface area contributed by atoms with E-state index in [-0.39, 0.29) is 17.9 Å². The van der Waals surface area contributed by atoms with Gasteiger partial charge in [-0.1, -0.05) is 11.6 Å². The number of hydrogen-bond acceptors (Lipinski definition) is 5. The number of rotatable bonds is 3. The molecular formula is C21H22ClFN6O2. The Morgan fingerprint density at radius 3 is 2.94 bits per heavy atom. The average molecular weight is 445 g/mol. The van der Waals surface area contributed by atoms with Crippen molar-refractivity contribution in [2.24, 2.45) is 0 Å². The van der Waals surface area contributed by atoms with Crippen LogP contribution >= 0.6 is 11.6 Å². The Morgan fingerprint density at radius 1 is 1.26 bits per heavy atom. The van der Waals surface area contributed by atoms with Crippen LogP contribution in [0, 0.1) is 5.82 Å². The highest BCUT2D eigenvalue weighted by molar-refractivity contribution is 6.31. The second kappa shape index (κ2) is 7.97. The van der Waals surface area contributed by atoms with Gasteiger partial charge in [-0.25, -0.2) is 18.7 Å². The lowest BCUT2D eigenvalue weighted by Crippen LogP contribution is -2.33. The topological polar surface area (TPSA) is 86.0 Å². The van der Waals surface area contributed by atoms with Crippen molar-refractivity contribution in [3.05, 3.63) is 53.1 Å². The Balaban J connectivity index is 1.43. The summed E-state index contributed by atoms with van der Waals surface area (Å²) >= 11 is 6.36. The fourth-order valence-corrected chi connectivity index (χ4v) is 4.61. The molecule has 2 atom stereocenters. The predicted molar refractivity (Wildman–Crippen MR) is 115 cm³/mol. The smallest absolute Gasteiger partial charge is 0.322 e. The SMILES string of the molecule is O=C(Nc1cnn2ccc(N3CCCC3c3cc(F)ccc3Cl)nc12)N1CC[C@H](O)C1. The molecule has 0 bridgehead atoms. The van der Waals surface area contributed by atoms with E-state index in [0.717, 1.165) is 24.9 Å². The van der Waals surface area contributed by atoms with Crippen LogP contribution in [0.15, 0.2) is 36.7 Å². The Morgan fingerprint density at radius 2 is 2.13 bits per heavy atom. The summed E-state index contributed by atoms with van der Waals surface area (Å²) in [6, 6.07) is 5.91. The van der Waals surface area contributed by atoms with Crippen LogP contribution in [0.4, 0.5) is 20.7 Å². The van der Waals surface area contributed by atoms with Crippen LogP contribution in [-0.4, -0.2) is 56.4 Å². The number of β-amino-alcohol motifs (C(OH)–C–C–N with tert-alkyl or cyclic N) is 1. The summed E-state index contributed by atoms with van der Waals surface area (Å²) in [6.07, 6.45) is 5.21. The molecule has 2 aliphatic heterocycles. The van der Waals surface area contributed by atoms with Crippen molar-refractivity contribution >= 4 is 34.8 Å². The Bertz CT molecular complexity index is 1140. The van der Waals surface area contributed by atoms with Gasteiger partial charge in [-0.3, -0.25) is 0 Å². The molecule has 31 heavy (non-hydrogen) atoms. The van der Waals surface area contributed by atoms with Gasteiger partial charge in [-0.05, 0) is 49.1 Å². The Kier molecular flexibility index (Phi) is 5.15. The van der Waals surface area contributed by atoms with E-state index in [1.165, 1.54) is 12.1 Å². The minimum atomic E-state index is -0.485. The van der Waals surface area contributed by atoms with Crippen molar-refractivity contribution in [3.8, 4) is 0 Å². The zero-order valence-electron chi connectivity index (χ0n) is 16.7. The quantitative estimate of drug-likeness (QED) is 0.646. The summed E-state index contributed by atoms with van der Waals surface area (Å²) in [4.78, 5) is 21.0. The summed E-state index contributed by atoms with van der Waals surface area (Å²) in [6.45, 7) is 1.59. The third-order valence-electron chi connectivity index (χ3n) is 5.91. The highest BCUT2D eigenvalue weighted by Gasteiger charge is 2.30. The van der Waals surface area contributed by atoms with Crippen LogP contribution < -0.4 is 10.2 Å². The van der Waals surface area contributed by atoms with Crippen molar-refractivity contribution in [3.63, 3.8) is 0 Å². The Hall–Kier alpha value is -2.91. The van der Waals surface area contributed by atoms with Crippen molar-refractivity contribution in [1.29, 1.82) is 0 Å². The molecule has 8 nitrogen and oxygen atoms in total. The van der Waals surface area contributed by atoms with Crippen LogP contribution in [0.1, 0.15) is 30.9 Å². The van der Waals surface area contributed by atoms with E-state index in [0.29, 0.717) is 41.7 Å². The number of fused-ring (bicyclic) bond motifs is 1. The molecule has 5 rings (SSSR count). The summed E-state index contributed by atoms with van der Waals surface area (Å²) in [5, 5.41) is 17.3. The molecule has 162 valence electrons. The summed E-state index contributed by atoms with van der Waals surface area (Å²) in [5.74, 6) is 0.394. The summed E-state index contributed by atoms with van der Waals surface area (Å²) < 4.78 is 15.5. The van der Waals surface area contributed by atoms with Gasteiger partial charge in [0.2, 0.25) is 0 Å². The van der Waals surface area contributed by atoms with Crippen LogP contribution in [0.3, 0.4) is 0 Å². The van der Waals surface area contributed by atoms with Crippen LogP contribution in [-0.2, 0) is 0 Å². The van der Waals surface area contributed by atoms with Crippen LogP contribution in [0.5, 0.6) is 0 Å². The van der Waals surface area contributed by atoms with E-state index in [2.05, 4.69) is 15.3 Å². The monoisotopic (exact) mass is 444 g/mol. The first kappa shape index (κ1) is 20.0. The van der Waals surface area contributed by atoms with Crippen molar-refractivity contribution in [2.75, 3.05) is 29.9 Å². The van der Waals surface area contributed by atoms with Gasteiger partial charge in [0.05, 0.1) is 18.3 Å². The van der Waals surface area contributed by atoms with E-state index < -0.39 is 6.10 Å². The number of likely N-dealkylation sites (tertiary alicyclic amines) is 1. The minimum Gasteiger partial charge on any atom is -0.391 e. The molecule has 1 unspecified atom stereocenters. The zero-order chi connectivity index (χ0) is 21.5. The van der Waals surface area contributed by atoms with Gasteiger partial charge < -0.3 is 20.2 Å². The highest BCUT2D eigenvalue weighted by atomic mass is 35.5. The maximum atomic E-state index is 13.9. The first-order valence-electron chi connectivity index (χ1n) is 10.3. The molecule has 2 N–H and O–H groups in total. The average Bonchev–Trinajstić information content (AvgIpc) is 3.49. The third-order valence-corrected chi connectivity index (χ3v) is 6.25. The van der Waals surface area contributed by atoms with Gasteiger partial charge >= 0.3 is 6.03 Å². The van der Waals surface area contributed by atoms with Gasteiger partial charge in [-0.15, -0.1) is 0 Å². The molecule has 0 saturated carbocycles. The molecule has 0 radical (unpaired) electrons. The molecule has 2 aromatic heterocycles. The molecule has 4 heterocycles. The van der Waals surface area contributed by atoms with Crippen molar-refractivity contribution < 1.29 is 14.3 Å². The minimum absolute atomic E-state index is 0.0785. The third kappa shape index (κ3) is 3.79. The van der Waals surface area contributed by atoms with E-state index in [4.69, 9.17) is 16.6 Å². The van der Waals surface area contributed by atoms with E-state index in [9.17, 15) is 14.3 Å². The number of carbonyl (C=O) groups is 1. The van der Waals surface area contributed by atoms with Gasteiger partial charge in [0.1, 0.15) is 17.3 Å². The number of nitrogens with one attached hydrogen (secondary N) is 1. The van der Waals surface area contributed by atoms with Crippen LogP contribution in [0.2, 0.25) is 5.02 Å². The number of anilines is 2. The molecule has 2 saturated heterocycles. The van der Waals surface area contributed by atoms with Crippen LogP contribution in [0.25, 0.3) is 5.65 Å². The fraction of sp³-hybridized carbons (Fsp3) is 0.381. The molecule has 2 amide bonds. The molecule has 0 aliphatic carbocycles. The number of aliphatic hydroxyl groups is 1. The zero-order valence-corrected chi connectivity index (χ0v) is 17.5. The maximum Gasteiger partial charge on any atom is 0.322 e. The van der Waals surface area contributed by atoms with Gasteiger partial charge in [0.25, 0.3) is 0 Å². The second-order valence-corrected chi connectivity index (χ2v) is 8.36. The summed E-state index contributed by atoms with van der Waals surface area (Å²) in [7, 11) is 0. The normalized spacial score (nSPS) is 21.3. The lowest BCUT2D eigenvalue weighted by atomic mass is 10.0. The Labute approximate surface area is 183 Å². The fourth-order valence-electron chi connectivity index (χ4n) is 4.36. The first-order chi connectivity index (χ1) is 15.0. The number of amides is 2. The lowest BCUT2D eigenvalue weighted by Gasteiger charge is -2.27. The van der Waals surface area contributed by atoms with Gasteiger partial charge in [0, 0.05) is 30.9 Å². The van der Waals surface area contributed by atoms with E-state index in [1.807, 2.05) is 6.07 Å². The number of carbonyl (C=O) groups excluding carboxylic acids is 1. The number of hydrogen-bond donors (Lipinski definition) is 2. The summed E-state index contributed by atoms with van der Waals surface area (Å²) in [5.41, 5.74) is 1.75. The number of nitrogens with zero attached hydrogens (tertiary/aromatic N) is 5. The van der Waals surface area contributed by atoms with Gasteiger partial charge in [-0.2, -0.15) is 5.10 Å². The standard InChI is InChI=1S/C21H22ClFN6O2/c22-16-4-3-13(23)10-15(16)18-2-1-7-28(18)19-6-9-29-20(26-19)17(11-24-29)25-21(31)27-8-5-14(30)12-27/h3-4,6,9-11,14,18,30H,1-2,5,7-8,12H2,(H,25,31)/t14-,18?/m0/s1. The van der Waals surface area contributed by atoms with E-state index >= 15 is 0 Å². The molecule has 2 aliphatic rings. The largest absolute Gasteiger partial charge is 0.391 e. The molecule has 10 heteroatoms. The van der Waals surface area contributed by atoms with Crippen molar-refractivity contribution in [2.45, 2.75) is 31.4 Å². The predicted octanol–water partition coefficient (Wildman–Crippen LogP) is 3.46. The van der Waals surface area contributed by atoms with Crippen molar-refractivity contribution in [1.82, 2.24) is 19.5 Å². The molecule has 1 aromatic carbocycles. The molecule has 0 spiro atoms. The van der Waals surface area contributed by atoms with E-state index in [1.54, 1.807) is 27.9 Å². The molecular weight excluding hydrogens is 423 g/mol. The highest BCUT2D eigenvalue weighted by Crippen LogP contribution is 2.38. The maximum absolute atomic E-state index is 13.9. The lowest BCUT2D eigenvalue weighted by molar-refractivity contribution is 0.176. The first-order valence-corrected chi connectivity index (χ1v) is 10.7. The number of aromatic nitrogens is 3. The molecule has 2 fully saturated rings.